The summed E-state index contributed by atoms with van der Waals surface area (Å²) in [6.45, 7) is 0.177. The van der Waals surface area contributed by atoms with E-state index in [9.17, 15) is 22.9 Å². The van der Waals surface area contributed by atoms with Crippen molar-refractivity contribution in [2.45, 2.75) is 11.4 Å². The van der Waals surface area contributed by atoms with Gasteiger partial charge in [0.2, 0.25) is 0 Å². The molecule has 0 saturated carbocycles. The van der Waals surface area contributed by atoms with Gasteiger partial charge >= 0.3 is 0 Å². The van der Waals surface area contributed by atoms with E-state index in [1.807, 2.05) is 0 Å². The first-order valence-corrected chi connectivity index (χ1v) is 8.13. The fourth-order valence-electron chi connectivity index (χ4n) is 1.89. The lowest BCUT2D eigenvalue weighted by Crippen LogP contribution is -2.05. The van der Waals surface area contributed by atoms with Crippen LogP contribution in [0.1, 0.15) is 5.56 Å². The summed E-state index contributed by atoms with van der Waals surface area (Å²) >= 11 is 0. The Morgan fingerprint density at radius 3 is 2.55 bits per heavy atom. The molecule has 2 aromatic carbocycles. The Labute approximate surface area is 126 Å². The van der Waals surface area contributed by atoms with Crippen LogP contribution < -0.4 is 5.32 Å². The van der Waals surface area contributed by atoms with Gasteiger partial charge in [-0.25, -0.2) is 12.8 Å². The number of anilines is 1. The van der Waals surface area contributed by atoms with Crippen molar-refractivity contribution in [2.75, 3.05) is 11.6 Å². The van der Waals surface area contributed by atoms with Gasteiger partial charge in [-0.15, -0.1) is 0 Å². The number of hydrogen-bond donors (Lipinski definition) is 1. The zero-order valence-corrected chi connectivity index (χ0v) is 12.4. The third-order valence-electron chi connectivity index (χ3n) is 2.97. The molecule has 1 N–H and O–H groups in total. The molecule has 116 valence electrons. The number of hydrogen-bond acceptors (Lipinski definition) is 5. The predicted octanol–water partition coefficient (Wildman–Crippen LogP) is 2.75. The average Bonchev–Trinajstić information content (AvgIpc) is 2.44. The number of nitrogens with zero attached hydrogens (tertiary/aromatic N) is 1. The molecule has 0 amide bonds. The highest BCUT2D eigenvalue weighted by atomic mass is 32.2. The molecule has 0 unspecified atom stereocenters. The molecule has 2 aromatic rings. The van der Waals surface area contributed by atoms with Crippen molar-refractivity contribution in [3.05, 3.63) is 64.0 Å². The van der Waals surface area contributed by atoms with E-state index in [0.717, 1.165) is 12.3 Å². The summed E-state index contributed by atoms with van der Waals surface area (Å²) in [6.07, 6.45) is 0.978. The van der Waals surface area contributed by atoms with Gasteiger partial charge in [-0.3, -0.25) is 10.1 Å². The SMILES string of the molecule is CS(=O)(=O)c1ccc(NCc2cccc(F)c2)c([N+](=O)[O-])c1. The van der Waals surface area contributed by atoms with Crippen LogP contribution in [-0.2, 0) is 16.4 Å². The fraction of sp³-hybridized carbons (Fsp3) is 0.143. The lowest BCUT2D eigenvalue weighted by atomic mass is 10.2. The van der Waals surface area contributed by atoms with Gasteiger partial charge in [0, 0.05) is 18.9 Å². The van der Waals surface area contributed by atoms with Crippen molar-refractivity contribution in [1.82, 2.24) is 0 Å². The second kappa shape index (κ2) is 6.10. The molecule has 0 saturated heterocycles. The maximum atomic E-state index is 13.1. The van der Waals surface area contributed by atoms with E-state index in [2.05, 4.69) is 5.32 Å². The van der Waals surface area contributed by atoms with Crippen molar-refractivity contribution >= 4 is 21.2 Å². The third kappa shape index (κ3) is 3.79. The Hall–Kier alpha value is -2.48. The van der Waals surface area contributed by atoms with Crippen molar-refractivity contribution < 1.29 is 17.7 Å². The topological polar surface area (TPSA) is 89.3 Å². The predicted molar refractivity (Wildman–Crippen MR) is 79.9 cm³/mol. The number of sulfone groups is 1. The summed E-state index contributed by atoms with van der Waals surface area (Å²) in [5.74, 6) is -0.402. The number of benzene rings is 2. The largest absolute Gasteiger partial charge is 0.375 e. The van der Waals surface area contributed by atoms with Crippen LogP contribution in [0, 0.1) is 15.9 Å². The van der Waals surface area contributed by atoms with Crippen molar-refractivity contribution in [1.29, 1.82) is 0 Å². The van der Waals surface area contributed by atoms with E-state index in [-0.39, 0.29) is 22.8 Å². The van der Waals surface area contributed by atoms with Crippen LogP contribution in [0.25, 0.3) is 0 Å². The van der Waals surface area contributed by atoms with Gasteiger partial charge in [0.1, 0.15) is 11.5 Å². The Bertz CT molecular complexity index is 821. The van der Waals surface area contributed by atoms with Gasteiger partial charge < -0.3 is 5.32 Å². The van der Waals surface area contributed by atoms with Gasteiger partial charge in [0.15, 0.2) is 9.84 Å². The molecule has 22 heavy (non-hydrogen) atoms. The van der Waals surface area contributed by atoms with E-state index < -0.39 is 20.6 Å². The smallest absolute Gasteiger partial charge is 0.293 e. The molecular formula is C14H13FN2O4S. The molecule has 0 bridgehead atoms. The summed E-state index contributed by atoms with van der Waals surface area (Å²) in [7, 11) is -3.53. The molecule has 0 radical (unpaired) electrons. The maximum absolute atomic E-state index is 13.1. The van der Waals surface area contributed by atoms with Gasteiger partial charge in [0.05, 0.1) is 9.82 Å². The molecule has 0 aliphatic rings. The Morgan fingerprint density at radius 2 is 1.95 bits per heavy atom. The highest BCUT2D eigenvalue weighted by molar-refractivity contribution is 7.90. The van der Waals surface area contributed by atoms with E-state index in [0.29, 0.717) is 5.56 Å². The number of nitrogens with one attached hydrogen (secondary N) is 1. The normalized spacial score (nSPS) is 11.2. The Balaban J connectivity index is 2.29. The van der Waals surface area contributed by atoms with Crippen LogP contribution in [0.4, 0.5) is 15.8 Å². The molecule has 0 aliphatic heterocycles. The third-order valence-corrected chi connectivity index (χ3v) is 4.08. The molecule has 0 atom stereocenters. The van der Waals surface area contributed by atoms with Crippen LogP contribution in [0.15, 0.2) is 47.4 Å². The number of rotatable bonds is 5. The first-order valence-electron chi connectivity index (χ1n) is 6.24. The van der Waals surface area contributed by atoms with Crippen LogP contribution in [0.3, 0.4) is 0 Å². The monoisotopic (exact) mass is 324 g/mol. The minimum atomic E-state index is -3.53. The summed E-state index contributed by atoms with van der Waals surface area (Å²) in [6, 6.07) is 9.43. The molecule has 0 fully saturated rings. The zero-order chi connectivity index (χ0) is 16.3. The highest BCUT2D eigenvalue weighted by Crippen LogP contribution is 2.28. The summed E-state index contributed by atoms with van der Waals surface area (Å²) < 4.78 is 36.0. The van der Waals surface area contributed by atoms with E-state index in [1.54, 1.807) is 6.07 Å². The molecule has 0 aliphatic carbocycles. The first kappa shape index (κ1) is 15.9. The van der Waals surface area contributed by atoms with Crippen molar-refractivity contribution in [3.8, 4) is 0 Å². The summed E-state index contributed by atoms with van der Waals surface area (Å²) in [4.78, 5) is 10.3. The van der Waals surface area contributed by atoms with Crippen LogP contribution in [0.5, 0.6) is 0 Å². The van der Waals surface area contributed by atoms with E-state index in [1.165, 1.54) is 30.3 Å². The Kier molecular flexibility index (Phi) is 4.41. The molecular weight excluding hydrogens is 311 g/mol. The first-order chi connectivity index (χ1) is 10.3. The highest BCUT2D eigenvalue weighted by Gasteiger charge is 2.18. The molecule has 8 heteroatoms. The van der Waals surface area contributed by atoms with Gasteiger partial charge in [-0.1, -0.05) is 12.1 Å². The van der Waals surface area contributed by atoms with Crippen molar-refractivity contribution in [3.63, 3.8) is 0 Å². The molecule has 0 aromatic heterocycles. The van der Waals surface area contributed by atoms with Crippen LogP contribution >= 0.6 is 0 Å². The van der Waals surface area contributed by atoms with Gasteiger partial charge in [-0.05, 0) is 29.8 Å². The minimum absolute atomic E-state index is 0.129. The number of nitro groups is 1. The summed E-state index contributed by atoms with van der Waals surface area (Å²) in [5, 5.41) is 13.9. The van der Waals surface area contributed by atoms with E-state index >= 15 is 0 Å². The lowest BCUT2D eigenvalue weighted by molar-refractivity contribution is -0.384. The standard InChI is InChI=1S/C14H13FN2O4S/c1-22(20,21)12-5-6-13(14(8-12)17(18)19)16-9-10-3-2-4-11(15)7-10/h2-8,16H,9H2,1H3. The van der Waals surface area contributed by atoms with Gasteiger partial charge in [-0.2, -0.15) is 0 Å². The average molecular weight is 324 g/mol. The van der Waals surface area contributed by atoms with E-state index in [4.69, 9.17) is 0 Å². The maximum Gasteiger partial charge on any atom is 0.293 e. The van der Waals surface area contributed by atoms with Gasteiger partial charge in [0.25, 0.3) is 5.69 Å². The molecule has 2 rings (SSSR count). The minimum Gasteiger partial charge on any atom is -0.375 e. The molecule has 0 spiro atoms. The number of halogens is 1. The lowest BCUT2D eigenvalue weighted by Gasteiger charge is -2.08. The Morgan fingerprint density at radius 1 is 1.23 bits per heavy atom. The number of nitro benzene ring substituents is 1. The second-order valence-electron chi connectivity index (χ2n) is 4.69. The summed E-state index contributed by atoms with van der Waals surface area (Å²) in [5.41, 5.74) is 0.433. The zero-order valence-electron chi connectivity index (χ0n) is 11.6. The molecule has 6 nitrogen and oxygen atoms in total. The van der Waals surface area contributed by atoms with Crippen molar-refractivity contribution in [2.24, 2.45) is 0 Å². The molecule has 0 heterocycles. The fourth-order valence-corrected chi connectivity index (χ4v) is 2.53. The van der Waals surface area contributed by atoms with Crippen LogP contribution in [0.2, 0.25) is 0 Å². The quantitative estimate of drug-likeness (QED) is 0.675. The van der Waals surface area contributed by atoms with Crippen LogP contribution in [-0.4, -0.2) is 19.6 Å². The second-order valence-corrected chi connectivity index (χ2v) is 6.71.